The van der Waals surface area contributed by atoms with Gasteiger partial charge >= 0.3 is 0 Å². The minimum atomic E-state index is -3.37. The van der Waals surface area contributed by atoms with Gasteiger partial charge in [0.05, 0.1) is 19.0 Å². The summed E-state index contributed by atoms with van der Waals surface area (Å²) in [6.07, 6.45) is 0. The van der Waals surface area contributed by atoms with Gasteiger partial charge in [0.15, 0.2) is 0 Å². The van der Waals surface area contributed by atoms with Crippen molar-refractivity contribution >= 4 is 21.6 Å². The van der Waals surface area contributed by atoms with E-state index in [9.17, 15) is 13.2 Å². The van der Waals surface area contributed by atoms with E-state index in [1.807, 2.05) is 32.0 Å². The zero-order valence-corrected chi connectivity index (χ0v) is 16.4. The number of nitrogens with zero attached hydrogens (tertiary/aromatic N) is 1. The molecule has 1 amide bonds. The second-order valence-electron chi connectivity index (χ2n) is 6.80. The fourth-order valence-electron chi connectivity index (χ4n) is 3.13. The van der Waals surface area contributed by atoms with Crippen molar-refractivity contribution in [1.82, 2.24) is 4.31 Å². The molecule has 1 fully saturated rings. The number of rotatable bonds is 5. The zero-order valence-electron chi connectivity index (χ0n) is 15.6. The molecular formula is C20H24N2O4S. The number of anilines is 1. The second-order valence-corrected chi connectivity index (χ2v) is 8.76. The largest absolute Gasteiger partial charge is 0.379 e. The van der Waals surface area contributed by atoms with E-state index in [-0.39, 0.29) is 11.7 Å². The van der Waals surface area contributed by atoms with Crippen molar-refractivity contribution < 1.29 is 17.9 Å². The van der Waals surface area contributed by atoms with Crippen LogP contribution in [-0.4, -0.2) is 44.9 Å². The Balaban J connectivity index is 1.66. The summed E-state index contributed by atoms with van der Waals surface area (Å²) in [4.78, 5) is 12.4. The highest BCUT2D eigenvalue weighted by Gasteiger charge is 2.24. The molecule has 1 aliphatic heterocycles. The smallest absolute Gasteiger partial charge is 0.255 e. The molecule has 144 valence electrons. The van der Waals surface area contributed by atoms with Crippen LogP contribution in [0, 0.1) is 13.8 Å². The van der Waals surface area contributed by atoms with Crippen molar-refractivity contribution in [1.29, 1.82) is 0 Å². The fraction of sp³-hybridized carbons (Fsp3) is 0.350. The Bertz CT molecular complexity index is 897. The average molecular weight is 388 g/mol. The van der Waals surface area contributed by atoms with E-state index in [1.165, 1.54) is 4.31 Å². The molecule has 3 rings (SSSR count). The molecule has 0 aliphatic carbocycles. The van der Waals surface area contributed by atoms with Gasteiger partial charge in [-0.1, -0.05) is 18.2 Å². The van der Waals surface area contributed by atoms with E-state index in [2.05, 4.69) is 5.32 Å². The molecule has 1 heterocycles. The van der Waals surface area contributed by atoms with Gasteiger partial charge in [0, 0.05) is 24.3 Å². The van der Waals surface area contributed by atoms with Gasteiger partial charge in [-0.15, -0.1) is 0 Å². The summed E-state index contributed by atoms with van der Waals surface area (Å²) < 4.78 is 31.6. The molecule has 27 heavy (non-hydrogen) atoms. The molecule has 2 aromatic carbocycles. The SMILES string of the molecule is Cc1cc(C)cc(NC(=O)c2ccc(CS(=O)(=O)N3CCOCC3)cc2)c1. The van der Waals surface area contributed by atoms with Crippen LogP contribution in [0.15, 0.2) is 42.5 Å². The number of amides is 1. The van der Waals surface area contributed by atoms with Crippen molar-refractivity contribution in [3.8, 4) is 0 Å². The van der Waals surface area contributed by atoms with E-state index in [4.69, 9.17) is 4.74 Å². The number of aryl methyl sites for hydroxylation is 2. The van der Waals surface area contributed by atoms with Crippen molar-refractivity contribution in [2.75, 3.05) is 31.6 Å². The Morgan fingerprint density at radius 1 is 1.04 bits per heavy atom. The maximum atomic E-state index is 12.5. The molecule has 0 aromatic heterocycles. The lowest BCUT2D eigenvalue weighted by Crippen LogP contribution is -2.41. The lowest BCUT2D eigenvalue weighted by molar-refractivity contribution is 0.0729. The molecule has 2 aromatic rings. The predicted molar refractivity (Wildman–Crippen MR) is 105 cm³/mol. The number of carbonyl (C=O) groups excluding carboxylic acids is 1. The standard InChI is InChI=1S/C20H24N2O4S/c1-15-11-16(2)13-19(12-15)21-20(23)18-5-3-17(4-6-18)14-27(24,25)22-7-9-26-10-8-22/h3-6,11-13H,7-10,14H2,1-2H3,(H,21,23). The van der Waals surface area contributed by atoms with E-state index in [1.54, 1.807) is 24.3 Å². The molecule has 6 nitrogen and oxygen atoms in total. The quantitative estimate of drug-likeness (QED) is 0.855. The van der Waals surface area contributed by atoms with Gasteiger partial charge in [0.2, 0.25) is 10.0 Å². The lowest BCUT2D eigenvalue weighted by Gasteiger charge is -2.26. The van der Waals surface area contributed by atoms with Gasteiger partial charge in [-0.05, 0) is 54.8 Å². The molecule has 0 radical (unpaired) electrons. The topological polar surface area (TPSA) is 75.7 Å². The summed E-state index contributed by atoms with van der Waals surface area (Å²) in [6, 6.07) is 12.6. The Morgan fingerprint density at radius 2 is 1.63 bits per heavy atom. The van der Waals surface area contributed by atoms with Gasteiger partial charge in [0.1, 0.15) is 0 Å². The van der Waals surface area contributed by atoms with Crippen molar-refractivity contribution in [3.05, 3.63) is 64.7 Å². The van der Waals surface area contributed by atoms with Gasteiger partial charge in [0.25, 0.3) is 5.91 Å². The number of hydrogen-bond donors (Lipinski definition) is 1. The van der Waals surface area contributed by atoms with Gasteiger partial charge in [-0.3, -0.25) is 4.79 Å². The number of benzene rings is 2. The van der Waals surface area contributed by atoms with E-state index >= 15 is 0 Å². The third-order valence-corrected chi connectivity index (χ3v) is 6.26. The van der Waals surface area contributed by atoms with Crippen LogP contribution < -0.4 is 5.32 Å². The third-order valence-electron chi connectivity index (χ3n) is 4.41. The van der Waals surface area contributed by atoms with Crippen LogP contribution in [0.25, 0.3) is 0 Å². The van der Waals surface area contributed by atoms with E-state index < -0.39 is 10.0 Å². The van der Waals surface area contributed by atoms with Gasteiger partial charge in [-0.25, -0.2) is 8.42 Å². The van der Waals surface area contributed by atoms with Crippen LogP contribution in [0.1, 0.15) is 27.0 Å². The predicted octanol–water partition coefficient (Wildman–Crippen LogP) is 2.72. The Labute approximate surface area is 160 Å². The van der Waals surface area contributed by atoms with Gasteiger partial charge < -0.3 is 10.1 Å². The maximum absolute atomic E-state index is 12.5. The first-order valence-electron chi connectivity index (χ1n) is 8.88. The highest BCUT2D eigenvalue weighted by atomic mass is 32.2. The normalized spacial score (nSPS) is 15.5. The number of nitrogens with one attached hydrogen (secondary N) is 1. The first kappa shape index (κ1) is 19.5. The fourth-order valence-corrected chi connectivity index (χ4v) is 4.63. The van der Waals surface area contributed by atoms with Crippen molar-refractivity contribution in [2.24, 2.45) is 0 Å². The molecule has 0 saturated carbocycles. The van der Waals surface area contributed by atoms with Crippen molar-refractivity contribution in [2.45, 2.75) is 19.6 Å². The van der Waals surface area contributed by atoms with Crippen LogP contribution in [0.3, 0.4) is 0 Å². The highest BCUT2D eigenvalue weighted by Crippen LogP contribution is 2.17. The Kier molecular flexibility index (Phi) is 5.94. The molecule has 1 aliphatic rings. The molecular weight excluding hydrogens is 364 g/mol. The number of morpholine rings is 1. The minimum Gasteiger partial charge on any atom is -0.379 e. The summed E-state index contributed by atoms with van der Waals surface area (Å²) >= 11 is 0. The molecule has 0 spiro atoms. The summed E-state index contributed by atoms with van der Waals surface area (Å²) in [7, 11) is -3.37. The van der Waals surface area contributed by atoms with Crippen LogP contribution in [0.2, 0.25) is 0 Å². The lowest BCUT2D eigenvalue weighted by atomic mass is 10.1. The number of sulfonamides is 1. The summed E-state index contributed by atoms with van der Waals surface area (Å²) in [5, 5.41) is 2.88. The number of hydrogen-bond acceptors (Lipinski definition) is 4. The second kappa shape index (κ2) is 8.21. The van der Waals surface area contributed by atoms with Crippen LogP contribution in [-0.2, 0) is 20.5 Å². The summed E-state index contributed by atoms with van der Waals surface area (Å²) in [5.41, 5.74) is 4.05. The van der Waals surface area contributed by atoms with E-state index in [0.717, 1.165) is 16.8 Å². The summed E-state index contributed by atoms with van der Waals surface area (Å²) in [6.45, 7) is 5.59. The zero-order chi connectivity index (χ0) is 19.4. The van der Waals surface area contributed by atoms with Gasteiger partial charge in [-0.2, -0.15) is 4.31 Å². The molecule has 0 unspecified atom stereocenters. The molecule has 0 atom stereocenters. The third kappa shape index (κ3) is 5.15. The first-order chi connectivity index (χ1) is 12.8. The Hall–Kier alpha value is -2.22. The van der Waals surface area contributed by atoms with Crippen LogP contribution in [0.5, 0.6) is 0 Å². The average Bonchev–Trinajstić information content (AvgIpc) is 2.62. The molecule has 0 bridgehead atoms. The number of ether oxygens (including phenoxy) is 1. The van der Waals surface area contributed by atoms with Crippen LogP contribution >= 0.6 is 0 Å². The highest BCUT2D eigenvalue weighted by molar-refractivity contribution is 7.88. The van der Waals surface area contributed by atoms with Crippen molar-refractivity contribution in [3.63, 3.8) is 0 Å². The Morgan fingerprint density at radius 3 is 2.22 bits per heavy atom. The monoisotopic (exact) mass is 388 g/mol. The maximum Gasteiger partial charge on any atom is 0.255 e. The molecule has 7 heteroatoms. The summed E-state index contributed by atoms with van der Waals surface area (Å²) in [5.74, 6) is -0.297. The minimum absolute atomic E-state index is 0.0774. The first-order valence-corrected chi connectivity index (χ1v) is 10.5. The number of carbonyl (C=O) groups is 1. The molecule has 1 saturated heterocycles. The van der Waals surface area contributed by atoms with E-state index in [0.29, 0.717) is 37.4 Å². The molecule has 1 N–H and O–H groups in total. The van der Waals surface area contributed by atoms with Crippen LogP contribution in [0.4, 0.5) is 5.69 Å².